The molecule has 0 unspecified atom stereocenters. The van der Waals surface area contributed by atoms with Gasteiger partial charge in [-0.05, 0) is 25.0 Å². The van der Waals surface area contributed by atoms with Crippen LogP contribution in [0.3, 0.4) is 0 Å². The van der Waals surface area contributed by atoms with Gasteiger partial charge in [-0.2, -0.15) is 0 Å². The fourth-order valence-electron chi connectivity index (χ4n) is 2.01. The van der Waals surface area contributed by atoms with E-state index in [0.717, 1.165) is 36.5 Å². The average molecular weight is 258 g/mol. The third kappa shape index (κ3) is 3.37. The van der Waals surface area contributed by atoms with Crippen LogP contribution >= 0.6 is 23.4 Å². The van der Waals surface area contributed by atoms with Crippen LogP contribution in [0.2, 0.25) is 5.02 Å². The molecule has 2 nitrogen and oxygen atoms in total. The Morgan fingerprint density at radius 1 is 1.31 bits per heavy atom. The van der Waals surface area contributed by atoms with Gasteiger partial charge in [0.25, 0.3) is 0 Å². The van der Waals surface area contributed by atoms with Crippen molar-refractivity contribution in [1.29, 1.82) is 0 Å². The highest BCUT2D eigenvalue weighted by Crippen LogP contribution is 2.32. The molecule has 88 valence electrons. The maximum Gasteiger partial charge on any atom is 0.0961 e. The van der Waals surface area contributed by atoms with E-state index in [4.69, 9.17) is 11.6 Å². The summed E-state index contributed by atoms with van der Waals surface area (Å²) in [5, 5.41) is 11.9. The molecule has 0 bridgehead atoms. The van der Waals surface area contributed by atoms with Gasteiger partial charge in [-0.15, -0.1) is 11.8 Å². The summed E-state index contributed by atoms with van der Waals surface area (Å²) in [6.45, 7) is 0. The SMILES string of the molecule is OC1(CSc2ccc(Cl)cn2)CCCCC1. The molecule has 0 amide bonds. The standard InChI is InChI=1S/C12H16ClNOS/c13-10-4-5-11(14-8-10)16-9-12(15)6-2-1-3-7-12/h4-5,8,15H,1-3,6-7,9H2. The molecule has 1 aliphatic carbocycles. The van der Waals surface area contributed by atoms with E-state index in [1.165, 1.54) is 6.42 Å². The largest absolute Gasteiger partial charge is 0.389 e. The molecule has 16 heavy (non-hydrogen) atoms. The van der Waals surface area contributed by atoms with E-state index in [1.807, 2.05) is 12.1 Å². The minimum atomic E-state index is -0.482. The molecule has 0 spiro atoms. The van der Waals surface area contributed by atoms with Gasteiger partial charge >= 0.3 is 0 Å². The first-order valence-corrected chi connectivity index (χ1v) is 7.01. The minimum Gasteiger partial charge on any atom is -0.389 e. The number of rotatable bonds is 3. The van der Waals surface area contributed by atoms with Crippen LogP contribution < -0.4 is 0 Å². The first-order chi connectivity index (χ1) is 7.68. The van der Waals surface area contributed by atoms with Crippen LogP contribution in [0.5, 0.6) is 0 Å². The smallest absolute Gasteiger partial charge is 0.0961 e. The molecule has 0 aromatic carbocycles. The summed E-state index contributed by atoms with van der Waals surface area (Å²) in [5.41, 5.74) is -0.482. The van der Waals surface area contributed by atoms with Crippen molar-refractivity contribution in [3.05, 3.63) is 23.4 Å². The molecular weight excluding hydrogens is 242 g/mol. The highest BCUT2D eigenvalue weighted by molar-refractivity contribution is 7.99. The molecule has 0 aliphatic heterocycles. The number of pyridine rings is 1. The Hall–Kier alpha value is -0.250. The Kier molecular flexibility index (Phi) is 4.11. The van der Waals surface area contributed by atoms with Gasteiger partial charge in [0, 0.05) is 11.9 Å². The molecule has 1 saturated carbocycles. The molecule has 1 aromatic rings. The number of nitrogens with zero attached hydrogens (tertiary/aromatic N) is 1. The predicted molar refractivity (Wildman–Crippen MR) is 68.0 cm³/mol. The molecule has 1 aromatic heterocycles. The van der Waals surface area contributed by atoms with E-state index in [1.54, 1.807) is 18.0 Å². The topological polar surface area (TPSA) is 33.1 Å². The molecule has 1 N–H and O–H groups in total. The second-order valence-corrected chi connectivity index (χ2v) is 5.82. The number of aromatic nitrogens is 1. The van der Waals surface area contributed by atoms with E-state index in [0.29, 0.717) is 5.02 Å². The van der Waals surface area contributed by atoms with Gasteiger partial charge in [-0.3, -0.25) is 0 Å². The fraction of sp³-hybridized carbons (Fsp3) is 0.583. The van der Waals surface area contributed by atoms with Gasteiger partial charge in [-0.25, -0.2) is 4.98 Å². The Bertz CT molecular complexity index is 335. The molecule has 1 aliphatic rings. The van der Waals surface area contributed by atoms with Gasteiger partial charge in [0.1, 0.15) is 0 Å². The summed E-state index contributed by atoms with van der Waals surface area (Å²) in [6.07, 6.45) is 7.04. The number of hydrogen-bond acceptors (Lipinski definition) is 3. The summed E-state index contributed by atoms with van der Waals surface area (Å²) in [7, 11) is 0. The van der Waals surface area contributed by atoms with Crippen molar-refractivity contribution in [2.45, 2.75) is 42.7 Å². The van der Waals surface area contributed by atoms with Crippen molar-refractivity contribution >= 4 is 23.4 Å². The molecular formula is C12H16ClNOS. The highest BCUT2D eigenvalue weighted by atomic mass is 35.5. The zero-order valence-electron chi connectivity index (χ0n) is 9.16. The van der Waals surface area contributed by atoms with Gasteiger partial charge in [0.15, 0.2) is 0 Å². The summed E-state index contributed by atoms with van der Waals surface area (Å²) in [5.74, 6) is 0.738. The number of hydrogen-bond donors (Lipinski definition) is 1. The Morgan fingerprint density at radius 3 is 2.69 bits per heavy atom. The number of aliphatic hydroxyl groups is 1. The zero-order chi connectivity index (χ0) is 11.4. The van der Waals surface area contributed by atoms with Crippen molar-refractivity contribution in [1.82, 2.24) is 4.98 Å². The normalized spacial score (nSPS) is 19.6. The van der Waals surface area contributed by atoms with Crippen molar-refractivity contribution in [3.8, 4) is 0 Å². The van der Waals surface area contributed by atoms with Crippen molar-refractivity contribution in [2.75, 3.05) is 5.75 Å². The first kappa shape index (κ1) is 12.2. The number of halogens is 1. The van der Waals surface area contributed by atoms with E-state index in [-0.39, 0.29) is 0 Å². The molecule has 0 radical (unpaired) electrons. The lowest BCUT2D eigenvalue weighted by atomic mass is 9.86. The van der Waals surface area contributed by atoms with Crippen LogP contribution in [0.1, 0.15) is 32.1 Å². The van der Waals surface area contributed by atoms with Crippen molar-refractivity contribution < 1.29 is 5.11 Å². The number of thioether (sulfide) groups is 1. The predicted octanol–water partition coefficient (Wildman–Crippen LogP) is 3.52. The first-order valence-electron chi connectivity index (χ1n) is 5.65. The molecule has 4 heteroatoms. The second kappa shape index (κ2) is 5.39. The van der Waals surface area contributed by atoms with Crippen molar-refractivity contribution in [2.24, 2.45) is 0 Å². The van der Waals surface area contributed by atoms with Gasteiger partial charge in [-0.1, -0.05) is 30.9 Å². The lowest BCUT2D eigenvalue weighted by Gasteiger charge is -2.31. The molecule has 1 heterocycles. The van der Waals surface area contributed by atoms with Crippen LogP contribution in [0.4, 0.5) is 0 Å². The summed E-state index contributed by atoms with van der Waals surface area (Å²) in [4.78, 5) is 4.21. The van der Waals surface area contributed by atoms with Crippen LogP contribution in [0, 0.1) is 0 Å². The third-order valence-electron chi connectivity index (χ3n) is 2.97. The maximum atomic E-state index is 10.3. The molecule has 2 rings (SSSR count). The lowest BCUT2D eigenvalue weighted by molar-refractivity contribution is 0.0272. The average Bonchev–Trinajstić information content (AvgIpc) is 2.29. The quantitative estimate of drug-likeness (QED) is 0.841. The minimum absolute atomic E-state index is 0.482. The van der Waals surface area contributed by atoms with Crippen molar-refractivity contribution in [3.63, 3.8) is 0 Å². The molecule has 1 fully saturated rings. The monoisotopic (exact) mass is 257 g/mol. The van der Waals surface area contributed by atoms with E-state index < -0.39 is 5.60 Å². The molecule has 0 saturated heterocycles. The summed E-state index contributed by atoms with van der Waals surface area (Å²) >= 11 is 7.38. The Labute approximate surface area is 105 Å². The third-order valence-corrected chi connectivity index (χ3v) is 4.42. The van der Waals surface area contributed by atoms with Gasteiger partial charge in [0.2, 0.25) is 0 Å². The van der Waals surface area contributed by atoms with Crippen LogP contribution in [0.15, 0.2) is 23.4 Å². The summed E-state index contributed by atoms with van der Waals surface area (Å²) in [6, 6.07) is 3.74. The lowest BCUT2D eigenvalue weighted by Crippen LogP contribution is -2.33. The van der Waals surface area contributed by atoms with Gasteiger partial charge < -0.3 is 5.11 Å². The fourth-order valence-corrected chi connectivity index (χ4v) is 3.12. The molecule has 0 atom stereocenters. The van der Waals surface area contributed by atoms with Crippen LogP contribution in [-0.4, -0.2) is 21.4 Å². The Balaban J connectivity index is 1.88. The summed E-state index contributed by atoms with van der Waals surface area (Å²) < 4.78 is 0. The second-order valence-electron chi connectivity index (χ2n) is 4.39. The van der Waals surface area contributed by atoms with Crippen LogP contribution in [0.25, 0.3) is 0 Å². The zero-order valence-corrected chi connectivity index (χ0v) is 10.7. The Morgan fingerprint density at radius 2 is 2.06 bits per heavy atom. The maximum absolute atomic E-state index is 10.3. The van der Waals surface area contributed by atoms with E-state index in [2.05, 4.69) is 4.98 Å². The van der Waals surface area contributed by atoms with Gasteiger partial charge in [0.05, 0.1) is 15.6 Å². The van der Waals surface area contributed by atoms with Crippen LogP contribution in [-0.2, 0) is 0 Å². The van der Waals surface area contributed by atoms with E-state index >= 15 is 0 Å². The van der Waals surface area contributed by atoms with E-state index in [9.17, 15) is 5.11 Å². The highest BCUT2D eigenvalue weighted by Gasteiger charge is 2.29.